The van der Waals surface area contributed by atoms with E-state index in [4.69, 9.17) is 4.74 Å². The molecule has 1 N–H and O–H groups in total. The highest BCUT2D eigenvalue weighted by Crippen LogP contribution is 2.15. The van der Waals surface area contributed by atoms with Crippen LogP contribution in [0.4, 0.5) is 0 Å². The number of aromatic hydroxyl groups is 1. The molecule has 0 bridgehead atoms. The van der Waals surface area contributed by atoms with Gasteiger partial charge in [-0.2, -0.15) is 0 Å². The Balaban J connectivity index is 1.89. The molecule has 0 radical (unpaired) electrons. The van der Waals surface area contributed by atoms with E-state index in [-0.39, 0.29) is 11.5 Å². The topological polar surface area (TPSA) is 49.8 Å². The minimum absolute atomic E-state index is 0.119. The van der Waals surface area contributed by atoms with Gasteiger partial charge in [0.1, 0.15) is 18.1 Å². The lowest BCUT2D eigenvalue weighted by Crippen LogP contribution is -2.27. The number of hydrogen-bond donors (Lipinski definition) is 1. The van der Waals surface area contributed by atoms with E-state index >= 15 is 0 Å². The molecule has 27 heavy (non-hydrogen) atoms. The number of likely N-dealkylation sites (N-methyl/N-ethyl adjacent to an activating group) is 1. The van der Waals surface area contributed by atoms with E-state index in [2.05, 4.69) is 18.7 Å². The number of nitrogens with zero attached hydrogens (tertiary/aromatic N) is 1. The van der Waals surface area contributed by atoms with Gasteiger partial charge in [-0.1, -0.05) is 50.3 Å². The molecule has 0 spiro atoms. The maximum atomic E-state index is 12.0. The molecule has 0 aliphatic rings. The fraction of sp³-hybridized carbons (Fsp3) is 0.261. The first-order valence-corrected chi connectivity index (χ1v) is 9.25. The predicted octanol–water partition coefficient (Wildman–Crippen LogP) is 4.41. The third-order valence-electron chi connectivity index (χ3n) is 4.18. The van der Waals surface area contributed by atoms with Gasteiger partial charge in [0.05, 0.1) is 0 Å². The summed E-state index contributed by atoms with van der Waals surface area (Å²) < 4.78 is 5.81. The van der Waals surface area contributed by atoms with Gasteiger partial charge in [0.2, 0.25) is 0 Å². The van der Waals surface area contributed by atoms with Gasteiger partial charge in [-0.15, -0.1) is 0 Å². The average Bonchev–Trinajstić information content (AvgIpc) is 2.68. The number of phenols is 1. The Bertz CT molecular complexity index is 792. The Kier molecular flexibility index (Phi) is 8.33. The maximum Gasteiger partial charge on any atom is 0.178 e. The summed E-state index contributed by atoms with van der Waals surface area (Å²) in [6.45, 7) is 7.84. The van der Waals surface area contributed by atoms with Crippen LogP contribution in [0.3, 0.4) is 0 Å². The standard InChI is InChI=1S/C23H27NO3/c1-3-24(4-2)15-16-27-23-10-6-8-20(18-23)12-14-21(25)13-11-19-7-5-9-22(26)17-19/h5-14,17-18,26H,3-4,15-16H2,1-2H3/b13-11+,14-12+. The van der Waals surface area contributed by atoms with Crippen molar-refractivity contribution in [2.45, 2.75) is 13.8 Å². The summed E-state index contributed by atoms with van der Waals surface area (Å²) in [5.41, 5.74) is 1.69. The molecule has 0 saturated carbocycles. The van der Waals surface area contributed by atoms with Crippen LogP contribution in [0.25, 0.3) is 12.2 Å². The van der Waals surface area contributed by atoms with Gasteiger partial charge in [-0.05, 0) is 60.6 Å². The lowest BCUT2D eigenvalue weighted by molar-refractivity contribution is -0.110. The molecule has 0 heterocycles. The van der Waals surface area contributed by atoms with Gasteiger partial charge >= 0.3 is 0 Å². The minimum atomic E-state index is -0.119. The zero-order chi connectivity index (χ0) is 19.5. The summed E-state index contributed by atoms with van der Waals surface area (Å²) in [6.07, 6.45) is 6.45. The van der Waals surface area contributed by atoms with Crippen molar-refractivity contribution in [3.05, 3.63) is 71.8 Å². The SMILES string of the molecule is CCN(CC)CCOc1cccc(/C=C/C(=O)/C=C/c2cccc(O)c2)c1. The van der Waals surface area contributed by atoms with Crippen LogP contribution >= 0.6 is 0 Å². The smallest absolute Gasteiger partial charge is 0.178 e. The van der Waals surface area contributed by atoms with Crippen LogP contribution in [0, 0.1) is 0 Å². The fourth-order valence-corrected chi connectivity index (χ4v) is 2.58. The van der Waals surface area contributed by atoms with E-state index < -0.39 is 0 Å². The van der Waals surface area contributed by atoms with E-state index in [0.717, 1.165) is 36.5 Å². The van der Waals surface area contributed by atoms with Crippen LogP contribution in [0.5, 0.6) is 11.5 Å². The highest BCUT2D eigenvalue weighted by Gasteiger charge is 2.00. The maximum absolute atomic E-state index is 12.0. The Morgan fingerprint density at radius 2 is 1.63 bits per heavy atom. The minimum Gasteiger partial charge on any atom is -0.508 e. The van der Waals surface area contributed by atoms with Gasteiger partial charge < -0.3 is 14.7 Å². The first-order valence-electron chi connectivity index (χ1n) is 9.25. The predicted molar refractivity (Wildman–Crippen MR) is 111 cm³/mol. The number of carbonyl (C=O) groups is 1. The van der Waals surface area contributed by atoms with Crippen molar-refractivity contribution in [3.8, 4) is 11.5 Å². The van der Waals surface area contributed by atoms with E-state index in [1.807, 2.05) is 30.3 Å². The summed E-state index contributed by atoms with van der Waals surface area (Å²) in [6, 6.07) is 14.4. The first kappa shape index (κ1) is 20.5. The zero-order valence-electron chi connectivity index (χ0n) is 16.0. The molecular formula is C23H27NO3. The molecule has 0 saturated heterocycles. The lowest BCUT2D eigenvalue weighted by Gasteiger charge is -2.18. The lowest BCUT2D eigenvalue weighted by atomic mass is 10.1. The fourth-order valence-electron chi connectivity index (χ4n) is 2.58. The number of ether oxygens (including phenoxy) is 1. The van der Waals surface area contributed by atoms with Crippen LogP contribution in [-0.4, -0.2) is 42.0 Å². The van der Waals surface area contributed by atoms with Gasteiger partial charge in [0.15, 0.2) is 5.78 Å². The van der Waals surface area contributed by atoms with E-state index in [1.165, 1.54) is 12.2 Å². The molecular weight excluding hydrogens is 338 g/mol. The Hall–Kier alpha value is -2.85. The van der Waals surface area contributed by atoms with Crippen LogP contribution in [0.15, 0.2) is 60.7 Å². The molecule has 2 aromatic rings. The van der Waals surface area contributed by atoms with E-state index in [1.54, 1.807) is 30.4 Å². The highest BCUT2D eigenvalue weighted by atomic mass is 16.5. The third-order valence-corrected chi connectivity index (χ3v) is 4.18. The van der Waals surface area contributed by atoms with Crippen molar-refractivity contribution >= 4 is 17.9 Å². The number of allylic oxidation sites excluding steroid dienone is 2. The molecule has 0 fully saturated rings. The first-order chi connectivity index (χ1) is 13.1. The second-order valence-corrected chi connectivity index (χ2v) is 6.11. The third kappa shape index (κ3) is 7.50. The van der Waals surface area contributed by atoms with Crippen LogP contribution < -0.4 is 4.74 Å². The molecule has 0 amide bonds. The summed E-state index contributed by atoms with van der Waals surface area (Å²) in [7, 11) is 0. The summed E-state index contributed by atoms with van der Waals surface area (Å²) >= 11 is 0. The van der Waals surface area contributed by atoms with E-state index in [0.29, 0.717) is 6.61 Å². The molecule has 0 unspecified atom stereocenters. The number of ketones is 1. The summed E-state index contributed by atoms with van der Waals surface area (Å²) in [4.78, 5) is 14.3. The van der Waals surface area contributed by atoms with E-state index in [9.17, 15) is 9.90 Å². The number of phenolic OH excluding ortho intramolecular Hbond substituents is 1. The molecule has 0 aromatic heterocycles. The van der Waals surface area contributed by atoms with Gasteiger partial charge in [-0.25, -0.2) is 0 Å². The van der Waals surface area contributed by atoms with Crippen molar-refractivity contribution in [2.24, 2.45) is 0 Å². The Morgan fingerprint density at radius 3 is 2.26 bits per heavy atom. The Morgan fingerprint density at radius 1 is 1.00 bits per heavy atom. The zero-order valence-corrected chi connectivity index (χ0v) is 16.0. The van der Waals surface area contributed by atoms with Crippen molar-refractivity contribution in [2.75, 3.05) is 26.2 Å². The molecule has 0 atom stereocenters. The van der Waals surface area contributed by atoms with Crippen LogP contribution in [-0.2, 0) is 4.79 Å². The number of benzene rings is 2. The highest BCUT2D eigenvalue weighted by molar-refractivity contribution is 6.04. The average molecular weight is 365 g/mol. The molecule has 142 valence electrons. The largest absolute Gasteiger partial charge is 0.508 e. The molecule has 0 aliphatic carbocycles. The second kappa shape index (κ2) is 11.0. The van der Waals surface area contributed by atoms with Crippen LogP contribution in [0.1, 0.15) is 25.0 Å². The van der Waals surface area contributed by atoms with Crippen molar-refractivity contribution in [3.63, 3.8) is 0 Å². The molecule has 4 nitrogen and oxygen atoms in total. The quantitative estimate of drug-likeness (QED) is 0.634. The molecule has 0 aliphatic heterocycles. The second-order valence-electron chi connectivity index (χ2n) is 6.11. The van der Waals surface area contributed by atoms with Crippen molar-refractivity contribution in [1.29, 1.82) is 0 Å². The van der Waals surface area contributed by atoms with Crippen molar-refractivity contribution < 1.29 is 14.6 Å². The number of rotatable bonds is 10. The van der Waals surface area contributed by atoms with Gasteiger partial charge in [-0.3, -0.25) is 4.79 Å². The Labute approximate surface area is 161 Å². The summed E-state index contributed by atoms with van der Waals surface area (Å²) in [5.74, 6) is 0.858. The normalized spacial score (nSPS) is 11.5. The molecule has 4 heteroatoms. The van der Waals surface area contributed by atoms with Gasteiger partial charge in [0.25, 0.3) is 0 Å². The summed E-state index contributed by atoms with van der Waals surface area (Å²) in [5, 5.41) is 9.43. The molecule has 2 rings (SSSR count). The molecule has 2 aromatic carbocycles. The van der Waals surface area contributed by atoms with Crippen LogP contribution in [0.2, 0.25) is 0 Å². The number of carbonyl (C=O) groups excluding carboxylic acids is 1. The van der Waals surface area contributed by atoms with Crippen molar-refractivity contribution in [1.82, 2.24) is 4.90 Å². The van der Waals surface area contributed by atoms with Gasteiger partial charge in [0, 0.05) is 6.54 Å². The monoisotopic (exact) mass is 365 g/mol. The number of hydrogen-bond acceptors (Lipinski definition) is 4.